The fourth-order valence-electron chi connectivity index (χ4n) is 3.51. The van der Waals surface area contributed by atoms with E-state index in [0.717, 1.165) is 12.8 Å². The maximum Gasteiger partial charge on any atom is 0.253 e. The Labute approximate surface area is 164 Å². The molecule has 150 valence electrons. The van der Waals surface area contributed by atoms with Gasteiger partial charge in [-0.25, -0.2) is 12.7 Å². The normalized spacial score (nSPS) is 22.6. The zero-order valence-electron chi connectivity index (χ0n) is 15.3. The molecule has 0 aliphatic carbocycles. The van der Waals surface area contributed by atoms with Crippen molar-refractivity contribution in [3.63, 3.8) is 0 Å². The molecule has 0 radical (unpaired) electrons. The van der Waals surface area contributed by atoms with Crippen LogP contribution >= 0.6 is 11.6 Å². The second-order valence-electron chi connectivity index (χ2n) is 7.17. The van der Waals surface area contributed by atoms with E-state index in [1.54, 1.807) is 23.1 Å². The van der Waals surface area contributed by atoms with Crippen molar-refractivity contribution < 1.29 is 23.1 Å². The van der Waals surface area contributed by atoms with E-state index in [1.165, 1.54) is 10.6 Å². The molecule has 1 aromatic rings. The fourth-order valence-corrected chi connectivity index (χ4v) is 4.61. The molecule has 1 aromatic carbocycles. The molecule has 0 spiro atoms. The minimum absolute atomic E-state index is 0.112. The maximum absolute atomic E-state index is 12.6. The third-order valence-electron chi connectivity index (χ3n) is 5.03. The van der Waals surface area contributed by atoms with Gasteiger partial charge < -0.3 is 14.7 Å². The van der Waals surface area contributed by atoms with Crippen LogP contribution in [-0.4, -0.2) is 73.3 Å². The minimum Gasteiger partial charge on any atom is -0.489 e. The first kappa shape index (κ1) is 20.4. The summed E-state index contributed by atoms with van der Waals surface area (Å²) in [4.78, 5) is 14.2. The van der Waals surface area contributed by atoms with Gasteiger partial charge in [0.15, 0.2) is 0 Å². The number of aliphatic hydroxyl groups excluding tert-OH is 1. The fraction of sp³-hybridized carbons (Fsp3) is 0.611. The summed E-state index contributed by atoms with van der Waals surface area (Å²) in [6.45, 7) is 1.82. The summed E-state index contributed by atoms with van der Waals surface area (Å²) in [5.41, 5.74) is 0.466. The molecule has 27 heavy (non-hydrogen) atoms. The monoisotopic (exact) mass is 416 g/mol. The number of sulfonamides is 1. The molecule has 9 heteroatoms. The number of aliphatic hydroxyl groups is 1. The number of rotatable bonds is 4. The summed E-state index contributed by atoms with van der Waals surface area (Å²) < 4.78 is 30.5. The van der Waals surface area contributed by atoms with Gasteiger partial charge in [-0.2, -0.15) is 0 Å². The SMILES string of the molecule is CS(=O)(=O)N1CCC(Oc2ccc(C(=O)N3CCC[C@@H](O)C3)cc2Cl)CC1. The lowest BCUT2D eigenvalue weighted by atomic mass is 10.1. The predicted octanol–water partition coefficient (Wildman–Crippen LogP) is 1.74. The van der Waals surface area contributed by atoms with Gasteiger partial charge >= 0.3 is 0 Å². The number of nitrogens with zero attached hydrogens (tertiary/aromatic N) is 2. The first-order chi connectivity index (χ1) is 12.7. The highest BCUT2D eigenvalue weighted by molar-refractivity contribution is 7.88. The Morgan fingerprint density at radius 1 is 1.22 bits per heavy atom. The topological polar surface area (TPSA) is 87.2 Å². The predicted molar refractivity (Wildman–Crippen MR) is 103 cm³/mol. The zero-order valence-corrected chi connectivity index (χ0v) is 16.9. The van der Waals surface area contributed by atoms with Crippen molar-refractivity contribution in [1.82, 2.24) is 9.21 Å². The molecule has 0 unspecified atom stereocenters. The molecular weight excluding hydrogens is 392 g/mol. The number of carbonyl (C=O) groups is 1. The van der Waals surface area contributed by atoms with Crippen molar-refractivity contribution in [3.05, 3.63) is 28.8 Å². The van der Waals surface area contributed by atoms with Crippen molar-refractivity contribution in [2.45, 2.75) is 37.9 Å². The molecule has 2 fully saturated rings. The van der Waals surface area contributed by atoms with Crippen LogP contribution in [0.25, 0.3) is 0 Å². The summed E-state index contributed by atoms with van der Waals surface area (Å²) in [5.74, 6) is 0.341. The Kier molecular flexibility index (Phi) is 6.30. The van der Waals surface area contributed by atoms with Crippen LogP contribution in [0.2, 0.25) is 5.02 Å². The number of hydrogen-bond donors (Lipinski definition) is 1. The lowest BCUT2D eigenvalue weighted by Crippen LogP contribution is -2.42. The van der Waals surface area contributed by atoms with Gasteiger partial charge in [0.25, 0.3) is 5.91 Å². The van der Waals surface area contributed by atoms with Crippen LogP contribution in [0.4, 0.5) is 0 Å². The third kappa shape index (κ3) is 5.13. The van der Waals surface area contributed by atoms with Crippen LogP contribution in [0.5, 0.6) is 5.75 Å². The highest BCUT2D eigenvalue weighted by atomic mass is 35.5. The summed E-state index contributed by atoms with van der Waals surface area (Å²) in [6, 6.07) is 4.95. The van der Waals surface area contributed by atoms with Crippen LogP contribution < -0.4 is 4.74 Å². The lowest BCUT2D eigenvalue weighted by molar-refractivity contribution is 0.0473. The second-order valence-corrected chi connectivity index (χ2v) is 9.56. The van der Waals surface area contributed by atoms with Crippen LogP contribution in [0.1, 0.15) is 36.0 Å². The van der Waals surface area contributed by atoms with Crippen molar-refractivity contribution in [2.75, 3.05) is 32.4 Å². The average Bonchev–Trinajstić information content (AvgIpc) is 2.62. The molecule has 2 aliphatic heterocycles. The number of benzene rings is 1. The Hall–Kier alpha value is -1.35. The number of hydrogen-bond acceptors (Lipinski definition) is 5. The quantitative estimate of drug-likeness (QED) is 0.807. The molecule has 3 rings (SSSR count). The lowest BCUT2D eigenvalue weighted by Gasteiger charge is -2.31. The van der Waals surface area contributed by atoms with Crippen LogP contribution in [0, 0.1) is 0 Å². The Morgan fingerprint density at radius 3 is 2.52 bits per heavy atom. The molecule has 2 aliphatic rings. The number of amides is 1. The van der Waals surface area contributed by atoms with Gasteiger partial charge in [-0.05, 0) is 43.9 Å². The van der Waals surface area contributed by atoms with E-state index >= 15 is 0 Å². The molecule has 1 atom stereocenters. The van der Waals surface area contributed by atoms with Gasteiger partial charge in [0.05, 0.1) is 17.4 Å². The Bertz CT molecular complexity index is 793. The molecule has 0 saturated carbocycles. The van der Waals surface area contributed by atoms with Gasteiger partial charge in [0.1, 0.15) is 11.9 Å². The second kappa shape index (κ2) is 8.34. The molecule has 7 nitrogen and oxygen atoms in total. The third-order valence-corrected chi connectivity index (χ3v) is 6.62. The number of ether oxygens (including phenoxy) is 1. The van der Waals surface area contributed by atoms with Crippen molar-refractivity contribution in [1.29, 1.82) is 0 Å². The van der Waals surface area contributed by atoms with Crippen LogP contribution in [0.3, 0.4) is 0 Å². The molecule has 2 saturated heterocycles. The number of likely N-dealkylation sites (tertiary alicyclic amines) is 1. The standard InChI is InChI=1S/C18H25ClN2O5S/c1-27(24,25)21-9-6-15(7-10-21)26-17-5-4-13(11-16(17)19)18(23)20-8-2-3-14(22)12-20/h4-5,11,14-15,22H,2-3,6-10,12H2,1H3/t14-/m1/s1. The van der Waals surface area contributed by atoms with Crippen molar-refractivity contribution in [2.24, 2.45) is 0 Å². The van der Waals surface area contributed by atoms with Crippen molar-refractivity contribution in [3.8, 4) is 5.75 Å². The Morgan fingerprint density at radius 2 is 1.93 bits per heavy atom. The van der Waals surface area contributed by atoms with Gasteiger partial charge in [0.2, 0.25) is 10.0 Å². The Balaban J connectivity index is 1.61. The van der Waals surface area contributed by atoms with Crippen LogP contribution in [-0.2, 0) is 10.0 Å². The highest BCUT2D eigenvalue weighted by Crippen LogP contribution is 2.29. The molecular formula is C18H25ClN2O5S. The van der Waals surface area contributed by atoms with E-state index in [1.807, 2.05) is 0 Å². The molecule has 1 amide bonds. The van der Waals surface area contributed by atoms with E-state index in [4.69, 9.17) is 16.3 Å². The van der Waals surface area contributed by atoms with Crippen molar-refractivity contribution >= 4 is 27.5 Å². The summed E-state index contributed by atoms with van der Waals surface area (Å²) >= 11 is 6.31. The largest absolute Gasteiger partial charge is 0.489 e. The smallest absolute Gasteiger partial charge is 0.253 e. The minimum atomic E-state index is -3.17. The van der Waals surface area contributed by atoms with Gasteiger partial charge in [-0.1, -0.05) is 11.6 Å². The highest BCUT2D eigenvalue weighted by Gasteiger charge is 2.27. The molecule has 0 aromatic heterocycles. The number of carbonyl (C=O) groups excluding carboxylic acids is 1. The number of β-amino-alcohol motifs (C(OH)–C–C–N with tert-alkyl or cyclic N) is 1. The van der Waals surface area contributed by atoms with E-state index in [9.17, 15) is 18.3 Å². The summed E-state index contributed by atoms with van der Waals surface area (Å²) in [6.07, 6.45) is 3.31. The van der Waals surface area contributed by atoms with Crippen LogP contribution in [0.15, 0.2) is 18.2 Å². The van der Waals surface area contributed by atoms with E-state index in [2.05, 4.69) is 0 Å². The average molecular weight is 417 g/mol. The van der Waals surface area contributed by atoms with E-state index in [0.29, 0.717) is 55.4 Å². The first-order valence-electron chi connectivity index (χ1n) is 9.12. The van der Waals surface area contributed by atoms with E-state index < -0.39 is 16.1 Å². The zero-order chi connectivity index (χ0) is 19.6. The summed E-state index contributed by atoms with van der Waals surface area (Å²) in [7, 11) is -3.17. The maximum atomic E-state index is 12.6. The molecule has 1 N–H and O–H groups in total. The van der Waals surface area contributed by atoms with Gasteiger partial charge in [-0.3, -0.25) is 4.79 Å². The summed E-state index contributed by atoms with van der Waals surface area (Å²) in [5, 5.41) is 10.1. The van der Waals surface area contributed by atoms with E-state index in [-0.39, 0.29) is 12.0 Å². The number of halogens is 1. The van der Waals surface area contributed by atoms with Gasteiger partial charge in [-0.15, -0.1) is 0 Å². The molecule has 2 heterocycles. The first-order valence-corrected chi connectivity index (χ1v) is 11.4. The van der Waals surface area contributed by atoms with Gasteiger partial charge in [0, 0.05) is 31.7 Å². The molecule has 0 bridgehead atoms. The number of piperidine rings is 2.